The van der Waals surface area contributed by atoms with Crippen LogP contribution in [0.25, 0.3) is 0 Å². The van der Waals surface area contributed by atoms with Gasteiger partial charge < -0.3 is 10.3 Å². The standard InChI is InChI=1S/C9H16N4O2S/c1-7-4-13(5-8(2)12-7)16(14,15)9-3-10-6-11-9/h3,6-8,12H,4-5H2,1-2H3,(H,10,11). The Bertz CT molecular complexity index is 432. The summed E-state index contributed by atoms with van der Waals surface area (Å²) in [5, 5.41) is 3.46. The fourth-order valence-electron chi connectivity index (χ4n) is 2.00. The van der Waals surface area contributed by atoms with E-state index in [1.54, 1.807) is 0 Å². The normalized spacial score (nSPS) is 28.1. The molecule has 2 unspecified atom stereocenters. The summed E-state index contributed by atoms with van der Waals surface area (Å²) in [7, 11) is -3.41. The molecule has 0 aromatic carbocycles. The summed E-state index contributed by atoms with van der Waals surface area (Å²) in [6, 6.07) is 0.336. The van der Waals surface area contributed by atoms with Crippen molar-refractivity contribution < 1.29 is 8.42 Å². The molecule has 7 heteroatoms. The van der Waals surface area contributed by atoms with Crippen molar-refractivity contribution in [2.24, 2.45) is 0 Å². The van der Waals surface area contributed by atoms with Gasteiger partial charge in [-0.15, -0.1) is 0 Å². The summed E-state index contributed by atoms with van der Waals surface area (Å²) in [6.45, 7) is 4.94. The Balaban J connectivity index is 2.24. The predicted octanol–water partition coefficient (Wildman–Crippen LogP) is -0.219. The maximum atomic E-state index is 12.2. The van der Waals surface area contributed by atoms with Crippen LogP contribution in [0.5, 0.6) is 0 Å². The number of hydrogen-bond acceptors (Lipinski definition) is 4. The Morgan fingerprint density at radius 3 is 2.50 bits per heavy atom. The molecule has 1 aromatic heterocycles. The highest BCUT2D eigenvalue weighted by atomic mass is 32.2. The van der Waals surface area contributed by atoms with Gasteiger partial charge in [-0.2, -0.15) is 4.31 Å². The number of aromatic nitrogens is 2. The minimum atomic E-state index is -3.41. The molecule has 0 aliphatic carbocycles. The number of imidazole rings is 1. The molecule has 16 heavy (non-hydrogen) atoms. The molecular weight excluding hydrogens is 228 g/mol. The number of rotatable bonds is 2. The van der Waals surface area contributed by atoms with Crippen molar-refractivity contribution in [3.63, 3.8) is 0 Å². The Morgan fingerprint density at radius 1 is 1.38 bits per heavy atom. The molecule has 1 aliphatic heterocycles. The highest BCUT2D eigenvalue weighted by Gasteiger charge is 2.31. The average molecular weight is 244 g/mol. The van der Waals surface area contributed by atoms with E-state index in [-0.39, 0.29) is 17.1 Å². The van der Waals surface area contributed by atoms with Crippen molar-refractivity contribution in [1.82, 2.24) is 19.6 Å². The van der Waals surface area contributed by atoms with Crippen molar-refractivity contribution >= 4 is 10.0 Å². The molecule has 1 aliphatic rings. The highest BCUT2D eigenvalue weighted by Crippen LogP contribution is 2.15. The highest BCUT2D eigenvalue weighted by molar-refractivity contribution is 7.89. The van der Waals surface area contributed by atoms with Crippen LogP contribution in [0, 0.1) is 0 Å². The lowest BCUT2D eigenvalue weighted by Crippen LogP contribution is -2.55. The van der Waals surface area contributed by atoms with Crippen LogP contribution in [0.1, 0.15) is 13.8 Å². The SMILES string of the molecule is CC1CN(S(=O)(=O)c2cnc[nH]2)CC(C)N1. The minimum Gasteiger partial charge on any atom is -0.335 e. The molecule has 0 bridgehead atoms. The van der Waals surface area contributed by atoms with Gasteiger partial charge in [-0.1, -0.05) is 0 Å². The van der Waals surface area contributed by atoms with Gasteiger partial charge in [0.1, 0.15) is 0 Å². The van der Waals surface area contributed by atoms with Crippen LogP contribution in [-0.2, 0) is 10.0 Å². The lowest BCUT2D eigenvalue weighted by Gasteiger charge is -2.34. The lowest BCUT2D eigenvalue weighted by molar-refractivity contribution is 0.262. The zero-order chi connectivity index (χ0) is 11.8. The van der Waals surface area contributed by atoms with E-state index in [4.69, 9.17) is 0 Å². The largest absolute Gasteiger partial charge is 0.335 e. The lowest BCUT2D eigenvalue weighted by atomic mass is 10.2. The summed E-state index contributed by atoms with van der Waals surface area (Å²) in [5.74, 6) is 0. The third-order valence-corrected chi connectivity index (χ3v) is 4.37. The molecule has 1 fully saturated rings. The number of nitrogens with zero attached hydrogens (tertiary/aromatic N) is 2. The van der Waals surface area contributed by atoms with Gasteiger partial charge in [0.2, 0.25) is 0 Å². The molecule has 0 saturated carbocycles. The van der Waals surface area contributed by atoms with Gasteiger partial charge in [-0.05, 0) is 13.8 Å². The van der Waals surface area contributed by atoms with E-state index in [2.05, 4.69) is 15.3 Å². The van der Waals surface area contributed by atoms with E-state index in [0.717, 1.165) is 0 Å². The minimum absolute atomic E-state index is 0.161. The van der Waals surface area contributed by atoms with Crippen molar-refractivity contribution in [2.75, 3.05) is 13.1 Å². The van der Waals surface area contributed by atoms with Gasteiger partial charge in [0.05, 0.1) is 12.5 Å². The van der Waals surface area contributed by atoms with Gasteiger partial charge in [-0.3, -0.25) is 0 Å². The summed E-state index contributed by atoms with van der Waals surface area (Å²) < 4.78 is 25.8. The molecule has 1 aromatic rings. The molecular formula is C9H16N4O2S. The molecule has 0 amide bonds. The van der Waals surface area contributed by atoms with E-state index < -0.39 is 10.0 Å². The van der Waals surface area contributed by atoms with Gasteiger partial charge in [0.15, 0.2) is 5.03 Å². The van der Waals surface area contributed by atoms with Crippen LogP contribution in [0.3, 0.4) is 0 Å². The van der Waals surface area contributed by atoms with Crippen molar-refractivity contribution in [1.29, 1.82) is 0 Å². The first-order valence-corrected chi connectivity index (χ1v) is 6.68. The van der Waals surface area contributed by atoms with Gasteiger partial charge in [0, 0.05) is 25.2 Å². The van der Waals surface area contributed by atoms with E-state index in [0.29, 0.717) is 13.1 Å². The van der Waals surface area contributed by atoms with Gasteiger partial charge in [-0.25, -0.2) is 13.4 Å². The smallest absolute Gasteiger partial charge is 0.260 e. The zero-order valence-electron chi connectivity index (χ0n) is 9.34. The van der Waals surface area contributed by atoms with Crippen LogP contribution in [0.2, 0.25) is 0 Å². The molecule has 2 N–H and O–H groups in total. The van der Waals surface area contributed by atoms with Crippen LogP contribution in [0.4, 0.5) is 0 Å². The second-order valence-electron chi connectivity index (χ2n) is 4.21. The number of H-pyrrole nitrogens is 1. The van der Waals surface area contributed by atoms with Crippen LogP contribution in [0.15, 0.2) is 17.6 Å². The zero-order valence-corrected chi connectivity index (χ0v) is 10.2. The number of hydrogen-bond donors (Lipinski definition) is 2. The third kappa shape index (κ3) is 2.11. The molecule has 90 valence electrons. The van der Waals surface area contributed by atoms with Crippen molar-refractivity contribution in [3.05, 3.63) is 12.5 Å². The fraction of sp³-hybridized carbons (Fsp3) is 0.667. The van der Waals surface area contributed by atoms with E-state index in [1.807, 2.05) is 13.8 Å². The predicted molar refractivity (Wildman–Crippen MR) is 59.4 cm³/mol. The quantitative estimate of drug-likeness (QED) is 0.754. The van der Waals surface area contributed by atoms with Crippen LogP contribution >= 0.6 is 0 Å². The summed E-state index contributed by atoms with van der Waals surface area (Å²) in [6.07, 6.45) is 2.72. The monoisotopic (exact) mass is 244 g/mol. The Morgan fingerprint density at radius 2 is 2.00 bits per heavy atom. The first-order valence-electron chi connectivity index (χ1n) is 5.24. The number of aromatic amines is 1. The molecule has 2 heterocycles. The Kier molecular flexibility index (Phi) is 3.00. The maximum absolute atomic E-state index is 12.2. The van der Waals surface area contributed by atoms with Crippen LogP contribution in [-0.4, -0.2) is 47.9 Å². The first kappa shape index (κ1) is 11.6. The number of sulfonamides is 1. The molecule has 1 saturated heterocycles. The second kappa shape index (κ2) is 4.15. The molecule has 2 rings (SSSR count). The first-order chi connectivity index (χ1) is 7.50. The number of nitrogens with one attached hydrogen (secondary N) is 2. The Hall–Kier alpha value is -0.920. The van der Waals surface area contributed by atoms with Crippen molar-refractivity contribution in [3.8, 4) is 0 Å². The van der Waals surface area contributed by atoms with E-state index in [9.17, 15) is 8.42 Å². The summed E-state index contributed by atoms with van der Waals surface area (Å²) >= 11 is 0. The van der Waals surface area contributed by atoms with E-state index in [1.165, 1.54) is 16.8 Å². The summed E-state index contributed by atoms with van der Waals surface area (Å²) in [4.78, 5) is 6.39. The topological polar surface area (TPSA) is 78.1 Å². The van der Waals surface area contributed by atoms with Gasteiger partial charge in [0.25, 0.3) is 10.0 Å². The molecule has 2 atom stereocenters. The Labute approximate surface area is 95.1 Å². The van der Waals surface area contributed by atoms with Crippen LogP contribution < -0.4 is 5.32 Å². The number of piperazine rings is 1. The second-order valence-corrected chi connectivity index (χ2v) is 6.11. The third-order valence-electron chi connectivity index (χ3n) is 2.61. The molecule has 0 spiro atoms. The fourth-order valence-corrected chi connectivity index (χ4v) is 3.51. The van der Waals surface area contributed by atoms with Crippen molar-refractivity contribution in [2.45, 2.75) is 31.0 Å². The van der Waals surface area contributed by atoms with Gasteiger partial charge >= 0.3 is 0 Å². The maximum Gasteiger partial charge on any atom is 0.260 e. The molecule has 0 radical (unpaired) electrons. The van der Waals surface area contributed by atoms with E-state index >= 15 is 0 Å². The molecule has 6 nitrogen and oxygen atoms in total. The average Bonchev–Trinajstić information content (AvgIpc) is 2.69. The summed E-state index contributed by atoms with van der Waals surface area (Å²) in [5.41, 5.74) is 0.